The fourth-order valence-electron chi connectivity index (χ4n) is 1.60. The molecule has 19 heavy (non-hydrogen) atoms. The van der Waals surface area contributed by atoms with Crippen LogP contribution in [0.4, 0.5) is 10.7 Å². The zero-order valence-corrected chi connectivity index (χ0v) is 11.8. The Morgan fingerprint density at radius 1 is 1.32 bits per heavy atom. The first-order chi connectivity index (χ1) is 9.02. The summed E-state index contributed by atoms with van der Waals surface area (Å²) in [5.41, 5.74) is 7.99. The highest BCUT2D eigenvalue weighted by Crippen LogP contribution is 2.31. The number of methoxy groups -OCH3 is 1. The number of aromatic nitrogens is 1. The summed E-state index contributed by atoms with van der Waals surface area (Å²) in [7, 11) is 5.27. The monoisotopic (exact) mass is 277 g/mol. The number of carbonyl (C=O) groups is 1. The molecule has 0 aliphatic heterocycles. The first-order valence-electron chi connectivity index (χ1n) is 5.65. The van der Waals surface area contributed by atoms with Gasteiger partial charge in [-0.2, -0.15) is 0 Å². The van der Waals surface area contributed by atoms with E-state index >= 15 is 0 Å². The van der Waals surface area contributed by atoms with Gasteiger partial charge >= 0.3 is 5.97 Å². The van der Waals surface area contributed by atoms with E-state index in [-0.39, 0.29) is 5.69 Å². The van der Waals surface area contributed by atoms with E-state index in [1.807, 2.05) is 43.3 Å². The van der Waals surface area contributed by atoms with Crippen molar-refractivity contribution in [2.24, 2.45) is 0 Å². The van der Waals surface area contributed by atoms with Crippen LogP contribution in [-0.2, 0) is 4.74 Å². The Morgan fingerprint density at radius 2 is 1.95 bits per heavy atom. The minimum atomic E-state index is -0.509. The van der Waals surface area contributed by atoms with E-state index in [2.05, 4.69) is 9.72 Å². The van der Waals surface area contributed by atoms with Gasteiger partial charge < -0.3 is 15.4 Å². The van der Waals surface area contributed by atoms with Crippen LogP contribution in [0.1, 0.15) is 10.5 Å². The molecule has 2 rings (SSSR count). The van der Waals surface area contributed by atoms with Gasteiger partial charge in [-0.1, -0.05) is 11.3 Å². The summed E-state index contributed by atoms with van der Waals surface area (Å²) in [5.74, 6) is -0.509. The maximum Gasteiger partial charge on any atom is 0.359 e. The molecule has 1 aromatic heterocycles. The summed E-state index contributed by atoms with van der Waals surface area (Å²) in [5, 5.41) is 1.08. The van der Waals surface area contributed by atoms with Crippen LogP contribution in [0, 0.1) is 0 Å². The van der Waals surface area contributed by atoms with Gasteiger partial charge in [-0.25, -0.2) is 9.78 Å². The molecule has 0 atom stereocenters. The molecule has 1 aromatic carbocycles. The molecule has 2 N–H and O–H groups in total. The van der Waals surface area contributed by atoms with Crippen molar-refractivity contribution < 1.29 is 9.53 Å². The van der Waals surface area contributed by atoms with Gasteiger partial charge in [0.15, 0.2) is 5.69 Å². The molecule has 0 unspecified atom stereocenters. The number of carbonyl (C=O) groups excluding carboxylic acids is 1. The Labute approximate surface area is 115 Å². The number of esters is 1. The smallest absolute Gasteiger partial charge is 0.359 e. The SMILES string of the molecule is COC(=O)c1nc(-c2ccc(N(C)C)cc2)sc1N. The number of nitrogens with zero attached hydrogens (tertiary/aromatic N) is 2. The predicted octanol–water partition coefficient (Wildman–Crippen LogP) is 2.24. The van der Waals surface area contributed by atoms with Crippen LogP contribution in [0.3, 0.4) is 0 Å². The molecule has 0 spiro atoms. The highest BCUT2D eigenvalue weighted by Gasteiger charge is 2.17. The zero-order valence-electron chi connectivity index (χ0n) is 11.0. The number of anilines is 2. The van der Waals surface area contributed by atoms with Crippen LogP contribution >= 0.6 is 11.3 Å². The van der Waals surface area contributed by atoms with Gasteiger partial charge in [-0.15, -0.1) is 0 Å². The van der Waals surface area contributed by atoms with Crippen molar-refractivity contribution in [3.63, 3.8) is 0 Å². The second kappa shape index (κ2) is 5.27. The number of ether oxygens (including phenoxy) is 1. The normalized spacial score (nSPS) is 10.3. The second-order valence-corrected chi connectivity index (χ2v) is 5.20. The number of nitrogen functional groups attached to an aromatic ring is 1. The van der Waals surface area contributed by atoms with Crippen molar-refractivity contribution in [3.8, 4) is 10.6 Å². The minimum absolute atomic E-state index is 0.180. The zero-order chi connectivity index (χ0) is 14.0. The molecule has 0 fully saturated rings. The molecule has 1 heterocycles. The van der Waals surface area contributed by atoms with Gasteiger partial charge in [-0.3, -0.25) is 0 Å². The summed E-state index contributed by atoms with van der Waals surface area (Å²) in [6.45, 7) is 0. The van der Waals surface area contributed by atoms with Crippen molar-refractivity contribution in [2.75, 3.05) is 31.8 Å². The molecule has 100 valence electrons. The van der Waals surface area contributed by atoms with Crippen LogP contribution in [0.25, 0.3) is 10.6 Å². The van der Waals surface area contributed by atoms with Gasteiger partial charge in [-0.05, 0) is 24.3 Å². The van der Waals surface area contributed by atoms with E-state index < -0.39 is 5.97 Å². The van der Waals surface area contributed by atoms with Crippen molar-refractivity contribution >= 4 is 28.0 Å². The number of hydrogen-bond acceptors (Lipinski definition) is 6. The minimum Gasteiger partial charge on any atom is -0.464 e. The van der Waals surface area contributed by atoms with E-state index in [4.69, 9.17) is 5.73 Å². The molecule has 0 saturated heterocycles. The Morgan fingerprint density at radius 3 is 2.47 bits per heavy atom. The molecule has 0 saturated carbocycles. The van der Waals surface area contributed by atoms with Gasteiger partial charge in [0, 0.05) is 25.3 Å². The summed E-state index contributed by atoms with van der Waals surface area (Å²) in [6.07, 6.45) is 0. The van der Waals surface area contributed by atoms with Crippen molar-refractivity contribution in [3.05, 3.63) is 30.0 Å². The van der Waals surface area contributed by atoms with E-state index in [0.29, 0.717) is 10.0 Å². The quantitative estimate of drug-likeness (QED) is 0.871. The molecular formula is C13H15N3O2S. The number of hydrogen-bond donors (Lipinski definition) is 1. The van der Waals surface area contributed by atoms with E-state index in [1.165, 1.54) is 18.4 Å². The molecule has 0 aliphatic rings. The van der Waals surface area contributed by atoms with Crippen LogP contribution in [0.5, 0.6) is 0 Å². The van der Waals surface area contributed by atoms with E-state index in [1.54, 1.807) is 0 Å². The number of benzene rings is 1. The van der Waals surface area contributed by atoms with Gasteiger partial charge in [0.05, 0.1) is 7.11 Å². The van der Waals surface area contributed by atoms with Crippen LogP contribution in [0.2, 0.25) is 0 Å². The maximum absolute atomic E-state index is 11.5. The largest absolute Gasteiger partial charge is 0.464 e. The number of rotatable bonds is 3. The molecule has 0 radical (unpaired) electrons. The standard InChI is InChI=1S/C13H15N3O2S/c1-16(2)9-6-4-8(5-7-9)12-15-10(11(14)19-12)13(17)18-3/h4-7H,14H2,1-3H3. The lowest BCUT2D eigenvalue weighted by molar-refractivity contribution is 0.0596. The van der Waals surface area contributed by atoms with Crippen LogP contribution < -0.4 is 10.6 Å². The van der Waals surface area contributed by atoms with Crippen molar-refractivity contribution in [1.29, 1.82) is 0 Å². The topological polar surface area (TPSA) is 68.5 Å². The lowest BCUT2D eigenvalue weighted by Crippen LogP contribution is -2.07. The molecular weight excluding hydrogens is 262 g/mol. The summed E-state index contributed by atoms with van der Waals surface area (Å²) in [6, 6.07) is 7.89. The van der Waals surface area contributed by atoms with Gasteiger partial charge in [0.1, 0.15) is 10.0 Å². The highest BCUT2D eigenvalue weighted by atomic mass is 32.1. The van der Waals surface area contributed by atoms with E-state index in [9.17, 15) is 4.79 Å². The first kappa shape index (κ1) is 13.4. The molecule has 5 nitrogen and oxygen atoms in total. The summed E-state index contributed by atoms with van der Waals surface area (Å²) >= 11 is 1.28. The Balaban J connectivity index is 2.34. The molecule has 0 amide bonds. The van der Waals surface area contributed by atoms with Gasteiger partial charge in [0.2, 0.25) is 0 Å². The van der Waals surface area contributed by atoms with Crippen molar-refractivity contribution in [2.45, 2.75) is 0 Å². The Bertz CT molecular complexity index is 590. The Hall–Kier alpha value is -2.08. The van der Waals surface area contributed by atoms with Crippen LogP contribution in [-0.4, -0.2) is 32.2 Å². The molecule has 6 heteroatoms. The maximum atomic E-state index is 11.5. The average Bonchev–Trinajstić information content (AvgIpc) is 2.80. The fraction of sp³-hybridized carbons (Fsp3) is 0.231. The number of nitrogens with two attached hydrogens (primary N) is 1. The Kier molecular flexibility index (Phi) is 3.71. The third kappa shape index (κ3) is 2.68. The average molecular weight is 277 g/mol. The lowest BCUT2D eigenvalue weighted by Gasteiger charge is -2.11. The van der Waals surface area contributed by atoms with Gasteiger partial charge in [0.25, 0.3) is 0 Å². The third-order valence-electron chi connectivity index (χ3n) is 2.66. The molecule has 0 aliphatic carbocycles. The van der Waals surface area contributed by atoms with Crippen molar-refractivity contribution in [1.82, 2.24) is 4.98 Å². The molecule has 0 bridgehead atoms. The fourth-order valence-corrected chi connectivity index (χ4v) is 2.43. The number of thiazole rings is 1. The summed E-state index contributed by atoms with van der Waals surface area (Å²) in [4.78, 5) is 17.7. The third-order valence-corrected chi connectivity index (χ3v) is 3.60. The first-order valence-corrected chi connectivity index (χ1v) is 6.47. The second-order valence-electron chi connectivity index (χ2n) is 4.16. The summed E-state index contributed by atoms with van der Waals surface area (Å²) < 4.78 is 4.64. The van der Waals surface area contributed by atoms with Crippen LogP contribution in [0.15, 0.2) is 24.3 Å². The predicted molar refractivity (Wildman–Crippen MR) is 77.6 cm³/mol. The molecule has 2 aromatic rings. The van der Waals surface area contributed by atoms with E-state index in [0.717, 1.165) is 11.3 Å². The highest BCUT2D eigenvalue weighted by molar-refractivity contribution is 7.19. The lowest BCUT2D eigenvalue weighted by atomic mass is 10.2.